The fourth-order valence-electron chi connectivity index (χ4n) is 2.47. The summed E-state index contributed by atoms with van der Waals surface area (Å²) >= 11 is 0. The fraction of sp³-hybridized carbons (Fsp3) is 0.316. The first-order valence-electron chi connectivity index (χ1n) is 8.06. The van der Waals surface area contributed by atoms with Crippen LogP contribution >= 0.6 is 24.0 Å². The van der Waals surface area contributed by atoms with Crippen molar-refractivity contribution in [2.75, 3.05) is 26.6 Å². The van der Waals surface area contributed by atoms with Crippen molar-refractivity contribution in [2.45, 2.75) is 19.9 Å². The first-order valence-corrected chi connectivity index (χ1v) is 8.06. The molecule has 0 unspecified atom stereocenters. The van der Waals surface area contributed by atoms with Crippen LogP contribution in [0.1, 0.15) is 18.1 Å². The van der Waals surface area contributed by atoms with Gasteiger partial charge in [-0.15, -0.1) is 24.0 Å². The van der Waals surface area contributed by atoms with Crippen molar-refractivity contribution in [1.29, 1.82) is 0 Å². The number of nitrogens with one attached hydrogen (secondary N) is 1. The van der Waals surface area contributed by atoms with Crippen molar-refractivity contribution in [2.24, 2.45) is 10.7 Å². The Kier molecular flexibility index (Phi) is 9.04. The summed E-state index contributed by atoms with van der Waals surface area (Å²) in [6.45, 7) is 2.48. The highest BCUT2D eigenvalue weighted by Gasteiger charge is 2.15. The summed E-state index contributed by atoms with van der Waals surface area (Å²) in [4.78, 5) is 4.38. The third kappa shape index (κ3) is 5.42. The van der Waals surface area contributed by atoms with Crippen molar-refractivity contribution in [1.82, 2.24) is 0 Å². The molecule has 0 saturated carbocycles. The van der Waals surface area contributed by atoms with E-state index in [-0.39, 0.29) is 24.0 Å². The van der Waals surface area contributed by atoms with E-state index in [0.29, 0.717) is 29.8 Å². The van der Waals surface area contributed by atoms with Gasteiger partial charge in [0.15, 0.2) is 17.5 Å². The van der Waals surface area contributed by atoms with Crippen LogP contribution in [0.2, 0.25) is 0 Å². The van der Waals surface area contributed by atoms with Crippen LogP contribution < -0.4 is 25.3 Å². The van der Waals surface area contributed by atoms with Gasteiger partial charge in [0.1, 0.15) is 0 Å². The minimum atomic E-state index is 0. The first kappa shape index (κ1) is 21.9. The Morgan fingerprint density at radius 3 is 2.15 bits per heavy atom. The van der Waals surface area contributed by atoms with Crippen LogP contribution in [-0.2, 0) is 13.0 Å². The molecule has 0 aliphatic rings. The highest BCUT2D eigenvalue weighted by molar-refractivity contribution is 14.0. The molecule has 0 aliphatic heterocycles. The summed E-state index contributed by atoms with van der Waals surface area (Å²) in [6, 6.07) is 11.8. The lowest BCUT2D eigenvalue weighted by atomic mass is 10.1. The second-order valence-corrected chi connectivity index (χ2v) is 5.37. The number of hydrogen-bond donors (Lipinski definition) is 2. The van der Waals surface area contributed by atoms with Crippen LogP contribution in [0.15, 0.2) is 41.4 Å². The molecule has 2 aromatic carbocycles. The number of methoxy groups -OCH3 is 3. The molecule has 0 radical (unpaired) electrons. The van der Waals surface area contributed by atoms with E-state index in [0.717, 1.165) is 17.7 Å². The molecule has 6 nitrogen and oxygen atoms in total. The predicted octanol–water partition coefficient (Wildman–Crippen LogP) is 3.82. The largest absolute Gasteiger partial charge is 0.493 e. The zero-order chi connectivity index (χ0) is 18.2. The smallest absolute Gasteiger partial charge is 0.203 e. The van der Waals surface area contributed by atoms with E-state index >= 15 is 0 Å². The monoisotopic (exact) mass is 471 g/mol. The number of aliphatic imine (C=N–C) groups is 1. The van der Waals surface area contributed by atoms with Gasteiger partial charge in [0, 0.05) is 11.3 Å². The SMILES string of the molecule is CCc1ccc(NC(N)=NCc2ccc(OC)c(OC)c2OC)cc1.I. The van der Waals surface area contributed by atoms with Crippen LogP contribution in [0.5, 0.6) is 17.2 Å². The second-order valence-electron chi connectivity index (χ2n) is 5.37. The highest BCUT2D eigenvalue weighted by atomic mass is 127. The Labute approximate surface area is 171 Å². The number of ether oxygens (including phenoxy) is 3. The van der Waals surface area contributed by atoms with Gasteiger partial charge in [-0.1, -0.05) is 19.1 Å². The third-order valence-corrected chi connectivity index (χ3v) is 3.84. The Morgan fingerprint density at radius 1 is 0.962 bits per heavy atom. The molecule has 0 fully saturated rings. The van der Waals surface area contributed by atoms with Crippen molar-refractivity contribution in [3.8, 4) is 17.2 Å². The zero-order valence-electron chi connectivity index (χ0n) is 15.5. The molecule has 0 aliphatic carbocycles. The molecule has 0 heterocycles. The fourth-order valence-corrected chi connectivity index (χ4v) is 2.47. The molecule has 2 rings (SSSR count). The van der Waals surface area contributed by atoms with Gasteiger partial charge in [0.05, 0.1) is 27.9 Å². The van der Waals surface area contributed by atoms with E-state index in [4.69, 9.17) is 19.9 Å². The normalized spacial score (nSPS) is 10.7. The maximum atomic E-state index is 5.98. The molecule has 142 valence electrons. The van der Waals surface area contributed by atoms with E-state index < -0.39 is 0 Å². The molecule has 7 heteroatoms. The highest BCUT2D eigenvalue weighted by Crippen LogP contribution is 2.39. The Morgan fingerprint density at radius 2 is 1.62 bits per heavy atom. The number of guanidine groups is 1. The van der Waals surface area contributed by atoms with Crippen LogP contribution in [0.25, 0.3) is 0 Å². The van der Waals surface area contributed by atoms with Crippen LogP contribution in [-0.4, -0.2) is 27.3 Å². The average Bonchev–Trinajstić information content (AvgIpc) is 2.65. The van der Waals surface area contributed by atoms with Crippen LogP contribution in [0, 0.1) is 0 Å². The molecule has 0 aromatic heterocycles. The summed E-state index contributed by atoms with van der Waals surface area (Å²) in [5.74, 6) is 2.07. The molecule has 26 heavy (non-hydrogen) atoms. The standard InChI is InChI=1S/C19H25N3O3.HI/c1-5-13-6-9-15(10-7-13)22-19(20)21-12-14-8-11-16(23-2)18(25-4)17(14)24-3;/h6-11H,5,12H2,1-4H3,(H3,20,21,22);1H. The van der Waals surface area contributed by atoms with E-state index in [1.165, 1.54) is 5.56 Å². The van der Waals surface area contributed by atoms with E-state index in [1.54, 1.807) is 21.3 Å². The van der Waals surface area contributed by atoms with Gasteiger partial charge in [0.2, 0.25) is 5.75 Å². The zero-order valence-corrected chi connectivity index (χ0v) is 17.9. The minimum Gasteiger partial charge on any atom is -0.493 e. The Bertz CT molecular complexity index is 734. The van der Waals surface area contributed by atoms with Gasteiger partial charge in [-0.25, -0.2) is 4.99 Å². The molecule has 2 aromatic rings. The predicted molar refractivity (Wildman–Crippen MR) is 116 cm³/mol. The summed E-state index contributed by atoms with van der Waals surface area (Å²) in [7, 11) is 4.74. The average molecular weight is 471 g/mol. The number of nitrogens with two attached hydrogens (primary N) is 1. The summed E-state index contributed by atoms with van der Waals surface area (Å²) in [5.41, 5.74) is 9.01. The van der Waals surface area contributed by atoms with Crippen molar-refractivity contribution in [3.05, 3.63) is 47.5 Å². The summed E-state index contributed by atoms with van der Waals surface area (Å²) in [6.07, 6.45) is 1.00. The number of hydrogen-bond acceptors (Lipinski definition) is 4. The number of anilines is 1. The van der Waals surface area contributed by atoms with E-state index in [1.807, 2.05) is 24.3 Å². The van der Waals surface area contributed by atoms with Gasteiger partial charge >= 0.3 is 0 Å². The Balaban J connectivity index is 0.00000338. The maximum absolute atomic E-state index is 5.98. The number of benzene rings is 2. The molecule has 0 atom stereocenters. The van der Waals surface area contributed by atoms with E-state index in [2.05, 4.69) is 29.4 Å². The van der Waals surface area contributed by atoms with Crippen molar-refractivity contribution < 1.29 is 14.2 Å². The number of aryl methyl sites for hydroxylation is 1. The molecule has 3 N–H and O–H groups in total. The molecular weight excluding hydrogens is 445 g/mol. The van der Waals surface area contributed by atoms with Gasteiger partial charge in [0.25, 0.3) is 0 Å². The number of nitrogens with zero attached hydrogens (tertiary/aromatic N) is 1. The van der Waals surface area contributed by atoms with Crippen LogP contribution in [0.4, 0.5) is 5.69 Å². The lowest BCUT2D eigenvalue weighted by Gasteiger charge is -2.15. The molecule has 0 bridgehead atoms. The molecule has 0 spiro atoms. The second kappa shape index (κ2) is 10.7. The number of halogens is 1. The quantitative estimate of drug-likeness (QED) is 0.365. The summed E-state index contributed by atoms with van der Waals surface area (Å²) < 4.78 is 16.1. The maximum Gasteiger partial charge on any atom is 0.203 e. The molecule has 0 amide bonds. The van der Waals surface area contributed by atoms with Gasteiger partial charge in [-0.05, 0) is 36.2 Å². The lowest BCUT2D eigenvalue weighted by Crippen LogP contribution is -2.22. The number of rotatable bonds is 7. The van der Waals surface area contributed by atoms with Gasteiger partial charge in [-0.3, -0.25) is 0 Å². The summed E-state index contributed by atoms with van der Waals surface area (Å²) in [5, 5.41) is 3.08. The van der Waals surface area contributed by atoms with Gasteiger partial charge in [-0.2, -0.15) is 0 Å². The van der Waals surface area contributed by atoms with Crippen molar-refractivity contribution in [3.63, 3.8) is 0 Å². The lowest BCUT2D eigenvalue weighted by molar-refractivity contribution is 0.322. The Hall–Kier alpha value is -2.16. The minimum absolute atomic E-state index is 0. The van der Waals surface area contributed by atoms with E-state index in [9.17, 15) is 0 Å². The molecule has 0 saturated heterocycles. The van der Waals surface area contributed by atoms with Crippen LogP contribution in [0.3, 0.4) is 0 Å². The van der Waals surface area contributed by atoms with Gasteiger partial charge < -0.3 is 25.3 Å². The van der Waals surface area contributed by atoms with Crippen molar-refractivity contribution >= 4 is 35.6 Å². The first-order chi connectivity index (χ1) is 12.1. The third-order valence-electron chi connectivity index (χ3n) is 3.84. The molecular formula is C19H26IN3O3. The topological polar surface area (TPSA) is 78.1 Å².